The van der Waals surface area contributed by atoms with Crippen LogP contribution in [0.5, 0.6) is 0 Å². The largest absolute Gasteiger partial charge is 0.394 e. The van der Waals surface area contributed by atoms with E-state index in [9.17, 15) is 19.5 Å². The number of carbonyl (C=O) groups excluding carboxylic acids is 3. The molecule has 3 amide bonds. The molecule has 0 aliphatic carbocycles. The molecule has 8 nitrogen and oxygen atoms in total. The van der Waals surface area contributed by atoms with Crippen LogP contribution in [0.2, 0.25) is 0 Å². The molecule has 4 heterocycles. The number of aliphatic hydroxyl groups excluding tert-OH is 1. The highest BCUT2D eigenvalue weighted by Crippen LogP contribution is 2.54. The molecule has 0 saturated carbocycles. The van der Waals surface area contributed by atoms with Gasteiger partial charge in [-0.1, -0.05) is 103 Å². The number of amides is 3. The quantitative estimate of drug-likeness (QED) is 0.427. The second-order valence-corrected chi connectivity index (χ2v) is 11.9. The summed E-state index contributed by atoms with van der Waals surface area (Å²) in [6.45, 7) is 0.710. The molecule has 2 saturated heterocycles. The number of aliphatic hydroxyl groups is 1. The molecule has 1 unspecified atom stereocenters. The van der Waals surface area contributed by atoms with Gasteiger partial charge in [-0.3, -0.25) is 14.4 Å². The van der Waals surface area contributed by atoms with Crippen molar-refractivity contribution in [3.05, 3.63) is 126 Å². The predicted molar refractivity (Wildman–Crippen MR) is 165 cm³/mol. The Morgan fingerprint density at radius 1 is 0.795 bits per heavy atom. The maximum absolute atomic E-state index is 14.8. The standard InChI is InChI=1S/C36H35N3O5/c40-24-28(22-25-12-4-1-5-13-25)39-32-35(43)37(23-26-14-6-2-7-15-26)20-11-19-36(32)31(34(39)42)30-29(44-36)18-10-21-38(33(30)41)27-16-8-3-9-17-27/h1-19,28-32,40H,20-24H2/t28-,29-,30+,31+,32?,36+/m1/s1. The highest BCUT2D eigenvalue weighted by molar-refractivity contribution is 6.04. The summed E-state index contributed by atoms with van der Waals surface area (Å²) >= 11 is 0. The van der Waals surface area contributed by atoms with E-state index in [-0.39, 0.29) is 24.3 Å². The van der Waals surface area contributed by atoms with Crippen molar-refractivity contribution in [1.82, 2.24) is 9.80 Å². The van der Waals surface area contributed by atoms with Crippen LogP contribution in [0.25, 0.3) is 0 Å². The number of hydrogen-bond donors (Lipinski definition) is 1. The lowest BCUT2D eigenvalue weighted by Gasteiger charge is -2.38. The smallest absolute Gasteiger partial charge is 0.249 e. The lowest BCUT2D eigenvalue weighted by Crippen LogP contribution is -2.58. The van der Waals surface area contributed by atoms with E-state index in [1.54, 1.807) is 14.7 Å². The first-order valence-corrected chi connectivity index (χ1v) is 15.2. The fourth-order valence-electron chi connectivity index (χ4n) is 7.44. The summed E-state index contributed by atoms with van der Waals surface area (Å²) in [4.78, 5) is 48.7. The molecule has 0 aromatic heterocycles. The van der Waals surface area contributed by atoms with Crippen molar-refractivity contribution in [2.24, 2.45) is 11.8 Å². The van der Waals surface area contributed by atoms with Gasteiger partial charge in [0.15, 0.2) is 0 Å². The number of fused-ring (bicyclic) bond motifs is 2. The molecule has 6 atom stereocenters. The number of ether oxygens (including phenoxy) is 1. The van der Waals surface area contributed by atoms with Crippen LogP contribution in [-0.4, -0.2) is 76.1 Å². The first kappa shape index (κ1) is 28.3. The zero-order chi connectivity index (χ0) is 30.3. The Balaban J connectivity index is 1.32. The van der Waals surface area contributed by atoms with Crippen molar-refractivity contribution in [2.45, 2.75) is 36.8 Å². The molecule has 44 heavy (non-hydrogen) atoms. The molecule has 3 aromatic rings. The van der Waals surface area contributed by atoms with E-state index in [0.29, 0.717) is 26.1 Å². The molecular formula is C36H35N3O5. The zero-order valence-corrected chi connectivity index (χ0v) is 24.3. The first-order valence-electron chi connectivity index (χ1n) is 15.2. The maximum atomic E-state index is 14.8. The first-order chi connectivity index (χ1) is 21.5. The van der Waals surface area contributed by atoms with Gasteiger partial charge in [-0.2, -0.15) is 0 Å². The minimum absolute atomic E-state index is 0.211. The van der Waals surface area contributed by atoms with Gasteiger partial charge >= 0.3 is 0 Å². The molecule has 4 aliphatic heterocycles. The summed E-state index contributed by atoms with van der Waals surface area (Å²) < 4.78 is 6.80. The van der Waals surface area contributed by atoms with E-state index in [1.165, 1.54) is 0 Å². The Morgan fingerprint density at radius 2 is 1.45 bits per heavy atom. The molecule has 224 valence electrons. The molecule has 0 radical (unpaired) electrons. The van der Waals surface area contributed by atoms with Crippen molar-refractivity contribution in [2.75, 3.05) is 24.6 Å². The second-order valence-electron chi connectivity index (χ2n) is 11.9. The highest BCUT2D eigenvalue weighted by Gasteiger charge is 2.72. The Bertz CT molecular complexity index is 1590. The van der Waals surface area contributed by atoms with Crippen LogP contribution in [0.3, 0.4) is 0 Å². The van der Waals surface area contributed by atoms with Crippen molar-refractivity contribution in [1.29, 1.82) is 0 Å². The Morgan fingerprint density at radius 3 is 2.14 bits per heavy atom. The normalized spacial score (nSPS) is 28.4. The number of anilines is 1. The van der Waals surface area contributed by atoms with E-state index in [2.05, 4.69) is 0 Å². The van der Waals surface area contributed by atoms with Crippen LogP contribution in [0, 0.1) is 11.8 Å². The summed E-state index contributed by atoms with van der Waals surface area (Å²) in [5.74, 6) is -2.57. The molecule has 1 N–H and O–H groups in total. The second kappa shape index (κ2) is 11.5. The number of carbonyl (C=O) groups is 3. The summed E-state index contributed by atoms with van der Waals surface area (Å²) in [7, 11) is 0. The minimum Gasteiger partial charge on any atom is -0.394 e. The van der Waals surface area contributed by atoms with Gasteiger partial charge in [0.1, 0.15) is 11.6 Å². The van der Waals surface area contributed by atoms with Crippen molar-refractivity contribution >= 4 is 23.4 Å². The molecule has 1 spiro atoms. The SMILES string of the molecule is O=C1C2N([C@@H](CO)Cc3ccccc3)C(=O)[C@@H]3[C@H]4C(=O)N(c5ccccc5)CC=C[C@H]4O[C@]23C=CCN1Cc1ccccc1. The van der Waals surface area contributed by atoms with Gasteiger partial charge in [0, 0.05) is 25.3 Å². The molecule has 4 aliphatic rings. The average molecular weight is 590 g/mol. The Kier molecular flexibility index (Phi) is 7.40. The Labute approximate surface area is 256 Å². The van der Waals surface area contributed by atoms with Crippen molar-refractivity contribution in [3.8, 4) is 0 Å². The molecule has 2 fully saturated rings. The number of hydrogen-bond acceptors (Lipinski definition) is 5. The summed E-state index contributed by atoms with van der Waals surface area (Å²) in [5.41, 5.74) is 1.28. The van der Waals surface area contributed by atoms with E-state index in [1.807, 2.05) is 115 Å². The fraction of sp³-hybridized carbons (Fsp3) is 0.306. The van der Waals surface area contributed by atoms with E-state index < -0.39 is 35.6 Å². The van der Waals surface area contributed by atoms with Crippen LogP contribution in [-0.2, 0) is 32.1 Å². The topological polar surface area (TPSA) is 90.4 Å². The monoisotopic (exact) mass is 589 g/mol. The van der Waals surface area contributed by atoms with Crippen LogP contribution < -0.4 is 4.90 Å². The third-order valence-corrected chi connectivity index (χ3v) is 9.38. The Hall–Kier alpha value is -4.53. The minimum atomic E-state index is -1.36. The number of likely N-dealkylation sites (tertiary alicyclic amines) is 1. The molecule has 3 aromatic carbocycles. The number of rotatable bonds is 7. The van der Waals surface area contributed by atoms with Gasteiger partial charge in [0.2, 0.25) is 17.7 Å². The zero-order valence-electron chi connectivity index (χ0n) is 24.3. The summed E-state index contributed by atoms with van der Waals surface area (Å²) in [6.07, 6.45) is 7.20. The van der Waals surface area contributed by atoms with Crippen molar-refractivity contribution in [3.63, 3.8) is 0 Å². The van der Waals surface area contributed by atoms with Crippen LogP contribution in [0.4, 0.5) is 5.69 Å². The van der Waals surface area contributed by atoms with Gasteiger partial charge in [0.05, 0.1) is 30.6 Å². The lowest BCUT2D eigenvalue weighted by atomic mass is 9.77. The van der Waals surface area contributed by atoms with Crippen LogP contribution >= 0.6 is 0 Å². The number of nitrogens with zero attached hydrogens (tertiary/aromatic N) is 3. The summed E-state index contributed by atoms with van der Waals surface area (Å²) in [6, 6.07) is 27.0. The average Bonchev–Trinajstić information content (AvgIpc) is 3.38. The van der Waals surface area contributed by atoms with Gasteiger partial charge < -0.3 is 24.5 Å². The molecule has 8 heteroatoms. The molecular weight excluding hydrogens is 554 g/mol. The van der Waals surface area contributed by atoms with Gasteiger partial charge in [0.25, 0.3) is 0 Å². The van der Waals surface area contributed by atoms with Crippen LogP contribution in [0.15, 0.2) is 115 Å². The van der Waals surface area contributed by atoms with Gasteiger partial charge in [-0.15, -0.1) is 0 Å². The molecule has 0 bridgehead atoms. The van der Waals surface area contributed by atoms with Crippen molar-refractivity contribution < 1.29 is 24.2 Å². The summed E-state index contributed by atoms with van der Waals surface area (Å²) in [5, 5.41) is 10.7. The molecule has 7 rings (SSSR count). The third kappa shape index (κ3) is 4.66. The van der Waals surface area contributed by atoms with E-state index in [4.69, 9.17) is 4.74 Å². The van der Waals surface area contributed by atoms with E-state index in [0.717, 1.165) is 16.8 Å². The van der Waals surface area contributed by atoms with E-state index >= 15 is 0 Å². The number of para-hydroxylation sites is 1. The van der Waals surface area contributed by atoms with Crippen LogP contribution in [0.1, 0.15) is 11.1 Å². The maximum Gasteiger partial charge on any atom is 0.249 e. The van der Waals surface area contributed by atoms with Gasteiger partial charge in [-0.05, 0) is 29.7 Å². The third-order valence-electron chi connectivity index (χ3n) is 9.38. The predicted octanol–water partition coefficient (Wildman–Crippen LogP) is 3.37. The highest BCUT2D eigenvalue weighted by atomic mass is 16.5. The lowest BCUT2D eigenvalue weighted by molar-refractivity contribution is -0.150. The fourth-order valence-corrected chi connectivity index (χ4v) is 7.44. The number of benzene rings is 3. The van der Waals surface area contributed by atoms with Gasteiger partial charge in [-0.25, -0.2) is 0 Å².